The number of nitrogens with one attached hydrogen (secondary N) is 2. The lowest BCUT2D eigenvalue weighted by atomic mass is 10.3. The average molecular weight is 258 g/mol. The molecule has 1 rings (SSSR count). The summed E-state index contributed by atoms with van der Waals surface area (Å²) in [5, 5.41) is 31.3. The number of aromatic nitrogens is 2. The SMILES string of the molecule is Cc1nc(NN)nc(NC(CO)CO)c1[N+](=O)[O-]. The number of aryl methyl sites for hydroxylation is 1. The number of hydrogen-bond donors (Lipinski definition) is 5. The van der Waals surface area contributed by atoms with Gasteiger partial charge in [0.2, 0.25) is 11.8 Å². The maximum Gasteiger partial charge on any atom is 0.332 e. The zero-order chi connectivity index (χ0) is 13.7. The van der Waals surface area contributed by atoms with Crippen molar-refractivity contribution in [2.45, 2.75) is 13.0 Å². The minimum Gasteiger partial charge on any atom is -0.394 e. The lowest BCUT2D eigenvalue weighted by molar-refractivity contribution is -0.385. The molecule has 0 saturated carbocycles. The molecular weight excluding hydrogens is 244 g/mol. The highest BCUT2D eigenvalue weighted by molar-refractivity contribution is 5.61. The third-order valence-corrected chi connectivity index (χ3v) is 2.15. The van der Waals surface area contributed by atoms with Crippen LogP contribution in [0.3, 0.4) is 0 Å². The highest BCUT2D eigenvalue weighted by Crippen LogP contribution is 2.26. The van der Waals surface area contributed by atoms with E-state index in [2.05, 4.69) is 20.7 Å². The van der Waals surface area contributed by atoms with Crippen LogP contribution in [0, 0.1) is 17.0 Å². The topological polar surface area (TPSA) is 159 Å². The molecule has 0 bridgehead atoms. The first-order valence-corrected chi connectivity index (χ1v) is 5.01. The summed E-state index contributed by atoms with van der Waals surface area (Å²) >= 11 is 0. The second kappa shape index (κ2) is 6.05. The Morgan fingerprint density at radius 3 is 2.50 bits per heavy atom. The molecule has 100 valence electrons. The van der Waals surface area contributed by atoms with Gasteiger partial charge >= 0.3 is 5.69 Å². The van der Waals surface area contributed by atoms with Crippen LogP contribution in [-0.2, 0) is 0 Å². The Morgan fingerprint density at radius 2 is 2.06 bits per heavy atom. The second-order valence-electron chi connectivity index (χ2n) is 3.44. The van der Waals surface area contributed by atoms with Crippen LogP contribution in [-0.4, -0.2) is 44.4 Å². The molecule has 18 heavy (non-hydrogen) atoms. The van der Waals surface area contributed by atoms with Crippen molar-refractivity contribution in [1.82, 2.24) is 9.97 Å². The first-order chi connectivity index (χ1) is 8.53. The zero-order valence-corrected chi connectivity index (χ0v) is 9.62. The van der Waals surface area contributed by atoms with Crippen molar-refractivity contribution in [2.24, 2.45) is 5.84 Å². The fourth-order valence-electron chi connectivity index (χ4n) is 1.29. The molecule has 0 radical (unpaired) electrons. The summed E-state index contributed by atoms with van der Waals surface area (Å²) in [7, 11) is 0. The van der Waals surface area contributed by atoms with Gasteiger partial charge in [0.25, 0.3) is 0 Å². The maximum absolute atomic E-state index is 10.9. The van der Waals surface area contributed by atoms with E-state index in [9.17, 15) is 10.1 Å². The summed E-state index contributed by atoms with van der Waals surface area (Å²) in [6, 6.07) is -0.761. The number of hydrogen-bond acceptors (Lipinski definition) is 9. The maximum atomic E-state index is 10.9. The molecule has 1 heterocycles. The van der Waals surface area contributed by atoms with E-state index in [0.717, 1.165) is 0 Å². The Bertz CT molecular complexity index is 436. The van der Waals surface area contributed by atoms with Crippen LogP contribution in [0.5, 0.6) is 0 Å². The lowest BCUT2D eigenvalue weighted by Gasteiger charge is -2.15. The minimum absolute atomic E-state index is 0.00442. The number of rotatable bonds is 6. The van der Waals surface area contributed by atoms with Crippen molar-refractivity contribution < 1.29 is 15.1 Å². The highest BCUT2D eigenvalue weighted by atomic mass is 16.6. The number of aliphatic hydroxyl groups excluding tert-OH is 2. The van der Waals surface area contributed by atoms with Gasteiger partial charge in [-0.2, -0.15) is 4.98 Å². The summed E-state index contributed by atoms with van der Waals surface area (Å²) in [5.41, 5.74) is 1.95. The van der Waals surface area contributed by atoms with Crippen molar-refractivity contribution in [2.75, 3.05) is 24.0 Å². The molecule has 0 aliphatic rings. The van der Waals surface area contributed by atoms with Gasteiger partial charge in [-0.25, -0.2) is 10.8 Å². The molecule has 0 fully saturated rings. The molecule has 10 nitrogen and oxygen atoms in total. The van der Waals surface area contributed by atoms with Crippen molar-refractivity contribution in [1.29, 1.82) is 0 Å². The van der Waals surface area contributed by atoms with E-state index in [1.165, 1.54) is 6.92 Å². The van der Waals surface area contributed by atoms with Gasteiger partial charge in [-0.1, -0.05) is 0 Å². The molecule has 0 saturated heterocycles. The van der Waals surface area contributed by atoms with Crippen LogP contribution >= 0.6 is 0 Å². The molecule has 1 aromatic rings. The Hall–Kier alpha value is -2.04. The van der Waals surface area contributed by atoms with Gasteiger partial charge in [0.15, 0.2) is 0 Å². The van der Waals surface area contributed by atoms with Gasteiger partial charge in [-0.3, -0.25) is 15.5 Å². The first kappa shape index (κ1) is 14.0. The van der Waals surface area contributed by atoms with E-state index >= 15 is 0 Å². The summed E-state index contributed by atoms with van der Waals surface area (Å²) in [6.07, 6.45) is 0. The standard InChI is InChI=1S/C8H14N6O4/c1-4-6(14(17)18)7(11-5(2-15)3-16)12-8(10-4)13-9/h5,15-16H,2-3,9H2,1H3,(H2,10,11,12,13). The predicted molar refractivity (Wildman–Crippen MR) is 62.8 cm³/mol. The molecule has 0 aliphatic heterocycles. The van der Waals surface area contributed by atoms with Gasteiger partial charge in [-0.05, 0) is 6.92 Å². The molecule has 6 N–H and O–H groups in total. The van der Waals surface area contributed by atoms with E-state index in [1.807, 2.05) is 0 Å². The Morgan fingerprint density at radius 1 is 1.44 bits per heavy atom. The van der Waals surface area contributed by atoms with Crippen LogP contribution in [0.15, 0.2) is 0 Å². The summed E-state index contributed by atoms with van der Waals surface area (Å²) in [6.45, 7) is 0.628. The summed E-state index contributed by atoms with van der Waals surface area (Å²) < 4.78 is 0. The van der Waals surface area contributed by atoms with Crippen LogP contribution in [0.1, 0.15) is 5.69 Å². The van der Waals surface area contributed by atoms with Crippen molar-refractivity contribution in [3.63, 3.8) is 0 Å². The van der Waals surface area contributed by atoms with E-state index in [0.29, 0.717) is 0 Å². The van der Waals surface area contributed by atoms with Crippen molar-refractivity contribution in [3.8, 4) is 0 Å². The minimum atomic E-state index is -0.761. The highest BCUT2D eigenvalue weighted by Gasteiger charge is 2.23. The summed E-state index contributed by atoms with van der Waals surface area (Å²) in [4.78, 5) is 17.8. The fraction of sp³-hybridized carbons (Fsp3) is 0.500. The Labute approximate surface area is 102 Å². The monoisotopic (exact) mass is 258 g/mol. The Kier molecular flexibility index (Phi) is 4.71. The van der Waals surface area contributed by atoms with E-state index in [4.69, 9.17) is 16.1 Å². The normalized spacial score (nSPS) is 10.5. The number of nitrogens with two attached hydrogens (primary N) is 1. The number of nitro groups is 1. The van der Waals surface area contributed by atoms with E-state index < -0.39 is 24.2 Å². The molecule has 0 aliphatic carbocycles. The molecule has 0 unspecified atom stereocenters. The smallest absolute Gasteiger partial charge is 0.332 e. The summed E-state index contributed by atoms with van der Waals surface area (Å²) in [5.74, 6) is 5.02. The van der Waals surface area contributed by atoms with Crippen LogP contribution < -0.4 is 16.6 Å². The number of anilines is 2. The average Bonchev–Trinajstić information content (AvgIpc) is 2.34. The molecular formula is C8H14N6O4. The second-order valence-corrected chi connectivity index (χ2v) is 3.44. The van der Waals surface area contributed by atoms with Gasteiger partial charge in [-0.15, -0.1) is 0 Å². The van der Waals surface area contributed by atoms with Crippen molar-refractivity contribution in [3.05, 3.63) is 15.8 Å². The number of hydrazine groups is 1. The van der Waals surface area contributed by atoms with Crippen LogP contribution in [0.25, 0.3) is 0 Å². The fourth-order valence-corrected chi connectivity index (χ4v) is 1.29. The van der Waals surface area contributed by atoms with Crippen LogP contribution in [0.2, 0.25) is 0 Å². The Balaban J connectivity index is 3.20. The molecule has 1 aromatic heterocycles. The van der Waals surface area contributed by atoms with Gasteiger partial charge in [0, 0.05) is 0 Å². The van der Waals surface area contributed by atoms with E-state index in [-0.39, 0.29) is 23.1 Å². The largest absolute Gasteiger partial charge is 0.394 e. The number of aliphatic hydroxyl groups is 2. The molecule has 0 amide bonds. The predicted octanol–water partition coefficient (Wildman–Crippen LogP) is -1.26. The van der Waals surface area contributed by atoms with Gasteiger partial charge < -0.3 is 15.5 Å². The van der Waals surface area contributed by atoms with Gasteiger partial charge in [0.05, 0.1) is 24.2 Å². The molecule has 10 heteroatoms. The van der Waals surface area contributed by atoms with Crippen LogP contribution in [0.4, 0.5) is 17.5 Å². The molecule has 0 atom stereocenters. The first-order valence-electron chi connectivity index (χ1n) is 5.01. The van der Waals surface area contributed by atoms with Gasteiger partial charge in [0.1, 0.15) is 5.69 Å². The molecule has 0 spiro atoms. The molecule has 0 aromatic carbocycles. The third-order valence-electron chi connectivity index (χ3n) is 2.15. The lowest BCUT2D eigenvalue weighted by Crippen LogP contribution is -2.29. The third kappa shape index (κ3) is 3.00. The number of nitrogen functional groups attached to an aromatic ring is 1. The quantitative estimate of drug-likeness (QED) is 0.238. The van der Waals surface area contributed by atoms with Crippen molar-refractivity contribution >= 4 is 17.5 Å². The zero-order valence-electron chi connectivity index (χ0n) is 9.62. The van der Waals surface area contributed by atoms with E-state index in [1.54, 1.807) is 0 Å². The number of nitrogens with zero attached hydrogens (tertiary/aromatic N) is 3.